The van der Waals surface area contributed by atoms with E-state index in [2.05, 4.69) is 31.3 Å². The van der Waals surface area contributed by atoms with Crippen LogP contribution in [0.2, 0.25) is 0 Å². The standard InChI is InChI=1S/C26H31FN6O/c1-14(25(34)29-26-30-32-33-31-26)12-22-15(2)17(4)24(18(5)16(22)3)21-11-10-20(13-23(21)27)28-19-8-6-7-9-19/h10-13,19,28H,6-9H2,1-5H3,(H2,29,30,31,32,33,34). The molecule has 8 heteroatoms. The molecule has 34 heavy (non-hydrogen) atoms. The zero-order chi connectivity index (χ0) is 24.4. The number of carbonyl (C=O) groups excluding carboxylic acids is 1. The topological polar surface area (TPSA) is 95.6 Å². The van der Waals surface area contributed by atoms with Crippen LogP contribution >= 0.6 is 0 Å². The van der Waals surface area contributed by atoms with E-state index >= 15 is 4.39 Å². The predicted octanol–water partition coefficient (Wildman–Crippen LogP) is 5.64. The fraction of sp³-hybridized carbons (Fsp3) is 0.385. The summed E-state index contributed by atoms with van der Waals surface area (Å²) >= 11 is 0. The highest BCUT2D eigenvalue weighted by molar-refractivity contribution is 6.05. The van der Waals surface area contributed by atoms with E-state index in [0.717, 1.165) is 51.9 Å². The number of tetrazole rings is 1. The molecule has 0 atom stereocenters. The van der Waals surface area contributed by atoms with Crippen molar-refractivity contribution in [2.24, 2.45) is 0 Å². The van der Waals surface area contributed by atoms with Crippen molar-refractivity contribution < 1.29 is 9.18 Å². The van der Waals surface area contributed by atoms with Crippen molar-refractivity contribution in [3.05, 3.63) is 57.4 Å². The van der Waals surface area contributed by atoms with Gasteiger partial charge in [0.05, 0.1) is 0 Å². The molecule has 0 saturated heterocycles. The average molecular weight is 463 g/mol. The van der Waals surface area contributed by atoms with Crippen LogP contribution in [0, 0.1) is 33.5 Å². The monoisotopic (exact) mass is 462 g/mol. The van der Waals surface area contributed by atoms with Crippen LogP contribution in [0.25, 0.3) is 17.2 Å². The summed E-state index contributed by atoms with van der Waals surface area (Å²) in [5.41, 5.74) is 7.82. The van der Waals surface area contributed by atoms with Crippen LogP contribution in [0.3, 0.4) is 0 Å². The number of hydrogen-bond acceptors (Lipinski definition) is 5. The summed E-state index contributed by atoms with van der Waals surface area (Å²) in [6, 6.07) is 5.89. The second kappa shape index (κ2) is 9.75. The highest BCUT2D eigenvalue weighted by atomic mass is 19.1. The molecule has 1 aliphatic rings. The Morgan fingerprint density at radius 2 is 1.76 bits per heavy atom. The van der Waals surface area contributed by atoms with Crippen molar-refractivity contribution in [2.45, 2.75) is 66.3 Å². The van der Waals surface area contributed by atoms with E-state index < -0.39 is 0 Å². The quantitative estimate of drug-likeness (QED) is 0.412. The summed E-state index contributed by atoms with van der Waals surface area (Å²) in [7, 11) is 0. The molecule has 1 aliphatic carbocycles. The first kappa shape index (κ1) is 23.6. The smallest absolute Gasteiger partial charge is 0.270 e. The van der Waals surface area contributed by atoms with E-state index in [1.54, 1.807) is 13.0 Å². The molecule has 1 fully saturated rings. The SMILES string of the molecule is CC(=Cc1c(C)c(C)c(-c2ccc(NC3CCCC3)cc2F)c(C)c1C)C(=O)Nc1nn[nH]n1. The summed E-state index contributed by atoms with van der Waals surface area (Å²) in [5, 5.41) is 19.3. The molecular weight excluding hydrogens is 431 g/mol. The van der Waals surface area contributed by atoms with Gasteiger partial charge in [0.2, 0.25) is 0 Å². The van der Waals surface area contributed by atoms with Gasteiger partial charge in [0.15, 0.2) is 0 Å². The largest absolute Gasteiger partial charge is 0.382 e. The van der Waals surface area contributed by atoms with E-state index in [9.17, 15) is 4.79 Å². The Bertz CT molecular complexity index is 1210. The molecule has 0 bridgehead atoms. The Morgan fingerprint density at radius 3 is 2.35 bits per heavy atom. The number of aromatic nitrogens is 4. The number of carbonyl (C=O) groups is 1. The van der Waals surface area contributed by atoms with Gasteiger partial charge in [-0.15, -0.1) is 5.10 Å². The van der Waals surface area contributed by atoms with E-state index in [-0.39, 0.29) is 17.7 Å². The van der Waals surface area contributed by atoms with Crippen molar-refractivity contribution in [3.8, 4) is 11.1 Å². The number of nitrogens with zero attached hydrogens (tertiary/aromatic N) is 3. The minimum absolute atomic E-state index is 0.121. The van der Waals surface area contributed by atoms with Crippen molar-refractivity contribution in [1.29, 1.82) is 0 Å². The molecule has 2 aromatic carbocycles. The van der Waals surface area contributed by atoms with Gasteiger partial charge in [0.25, 0.3) is 11.9 Å². The van der Waals surface area contributed by atoms with Crippen LogP contribution < -0.4 is 10.6 Å². The van der Waals surface area contributed by atoms with E-state index in [1.165, 1.54) is 12.8 Å². The Morgan fingerprint density at radius 1 is 1.09 bits per heavy atom. The van der Waals surface area contributed by atoms with Crippen molar-refractivity contribution >= 4 is 23.6 Å². The molecule has 1 heterocycles. The van der Waals surface area contributed by atoms with Gasteiger partial charge in [-0.05, 0) is 110 Å². The Labute approximate surface area is 199 Å². The average Bonchev–Trinajstić information content (AvgIpc) is 3.51. The first-order valence-electron chi connectivity index (χ1n) is 11.7. The summed E-state index contributed by atoms with van der Waals surface area (Å²) in [4.78, 5) is 12.5. The second-order valence-corrected chi connectivity index (χ2v) is 9.13. The molecule has 1 aromatic heterocycles. The van der Waals surface area contributed by atoms with Gasteiger partial charge in [0.1, 0.15) is 5.82 Å². The van der Waals surface area contributed by atoms with Gasteiger partial charge >= 0.3 is 0 Å². The van der Waals surface area contributed by atoms with Crippen LogP contribution in [0.1, 0.15) is 60.4 Å². The Hall–Kier alpha value is -3.55. The van der Waals surface area contributed by atoms with Gasteiger partial charge in [0, 0.05) is 22.9 Å². The predicted molar refractivity (Wildman–Crippen MR) is 133 cm³/mol. The van der Waals surface area contributed by atoms with E-state index in [0.29, 0.717) is 17.2 Å². The lowest BCUT2D eigenvalue weighted by Crippen LogP contribution is -2.14. The maximum atomic E-state index is 15.3. The Balaban J connectivity index is 1.66. The molecule has 178 valence electrons. The summed E-state index contributed by atoms with van der Waals surface area (Å²) in [5.74, 6) is -0.418. The first-order chi connectivity index (χ1) is 16.3. The van der Waals surface area contributed by atoms with Crippen LogP contribution in [-0.2, 0) is 4.79 Å². The molecule has 3 N–H and O–H groups in total. The van der Waals surface area contributed by atoms with Crippen molar-refractivity contribution in [3.63, 3.8) is 0 Å². The number of anilines is 2. The number of halogens is 1. The van der Waals surface area contributed by atoms with Gasteiger partial charge in [-0.2, -0.15) is 5.21 Å². The zero-order valence-electron chi connectivity index (χ0n) is 20.3. The lowest BCUT2D eigenvalue weighted by Gasteiger charge is -2.21. The lowest BCUT2D eigenvalue weighted by atomic mass is 9.85. The fourth-order valence-electron chi connectivity index (χ4n) is 4.77. The second-order valence-electron chi connectivity index (χ2n) is 9.13. The molecule has 3 aromatic rings. The number of H-pyrrole nitrogens is 1. The third-order valence-corrected chi connectivity index (χ3v) is 6.94. The first-order valence-corrected chi connectivity index (χ1v) is 11.7. The Kier molecular flexibility index (Phi) is 6.77. The third-order valence-electron chi connectivity index (χ3n) is 6.94. The molecule has 0 unspecified atom stereocenters. The number of hydrogen-bond donors (Lipinski definition) is 3. The lowest BCUT2D eigenvalue weighted by molar-refractivity contribution is -0.112. The molecule has 1 amide bonds. The van der Waals surface area contributed by atoms with Gasteiger partial charge in [-0.3, -0.25) is 10.1 Å². The molecule has 0 radical (unpaired) electrons. The van der Waals surface area contributed by atoms with Gasteiger partial charge < -0.3 is 5.32 Å². The zero-order valence-corrected chi connectivity index (χ0v) is 20.3. The van der Waals surface area contributed by atoms with E-state index in [1.807, 2.05) is 45.9 Å². The minimum Gasteiger partial charge on any atom is -0.382 e. The summed E-state index contributed by atoms with van der Waals surface area (Å²) in [6.07, 6.45) is 6.60. The molecule has 0 spiro atoms. The number of nitrogens with one attached hydrogen (secondary N) is 3. The van der Waals surface area contributed by atoms with Crippen molar-refractivity contribution in [2.75, 3.05) is 10.6 Å². The highest BCUT2D eigenvalue weighted by Crippen LogP contribution is 2.37. The van der Waals surface area contributed by atoms with Crippen LogP contribution in [0.4, 0.5) is 16.0 Å². The normalized spacial score (nSPS) is 14.5. The molecular formula is C26H31FN6O. The van der Waals surface area contributed by atoms with Gasteiger partial charge in [-0.25, -0.2) is 4.39 Å². The number of rotatable bonds is 6. The van der Waals surface area contributed by atoms with Crippen LogP contribution in [0.5, 0.6) is 0 Å². The number of benzene rings is 2. The maximum Gasteiger partial charge on any atom is 0.270 e. The number of aromatic amines is 1. The molecule has 4 rings (SSSR count). The summed E-state index contributed by atoms with van der Waals surface area (Å²) in [6.45, 7) is 9.77. The van der Waals surface area contributed by atoms with Crippen molar-refractivity contribution in [1.82, 2.24) is 20.6 Å². The molecule has 7 nitrogen and oxygen atoms in total. The third kappa shape index (κ3) is 4.71. The summed E-state index contributed by atoms with van der Waals surface area (Å²) < 4.78 is 15.3. The maximum absolute atomic E-state index is 15.3. The van der Waals surface area contributed by atoms with E-state index in [4.69, 9.17) is 0 Å². The molecule has 0 aliphatic heterocycles. The molecule has 1 saturated carbocycles. The fourth-order valence-corrected chi connectivity index (χ4v) is 4.77. The highest BCUT2D eigenvalue weighted by Gasteiger charge is 2.20. The number of amides is 1. The van der Waals surface area contributed by atoms with Crippen LogP contribution in [0.15, 0.2) is 23.8 Å². The van der Waals surface area contributed by atoms with Crippen LogP contribution in [-0.4, -0.2) is 32.6 Å². The minimum atomic E-state index is -0.309. The van der Waals surface area contributed by atoms with Gasteiger partial charge in [-0.1, -0.05) is 17.9 Å².